The fraction of sp³-hybridized carbons (Fsp3) is 0.423. The smallest absolute Gasteiger partial charge is 0.252 e. The molecule has 0 saturated heterocycles. The number of rotatable bonds is 7. The third-order valence-corrected chi connectivity index (χ3v) is 6.76. The van der Waals surface area contributed by atoms with Crippen LogP contribution in [0.4, 0.5) is 0 Å². The highest BCUT2D eigenvalue weighted by molar-refractivity contribution is 5.83. The third-order valence-electron chi connectivity index (χ3n) is 6.76. The number of hydrogen-bond acceptors (Lipinski definition) is 6. The largest absolute Gasteiger partial charge is 0.322 e. The van der Waals surface area contributed by atoms with Gasteiger partial charge in [0.25, 0.3) is 5.56 Å². The monoisotopic (exact) mass is 457 g/mol. The maximum Gasteiger partial charge on any atom is 0.252 e. The molecule has 0 bridgehead atoms. The summed E-state index contributed by atoms with van der Waals surface area (Å²) in [6, 6.07) is 10.6. The molecule has 1 aromatic carbocycles. The third kappa shape index (κ3) is 4.92. The number of nitrogens with zero attached hydrogens (tertiary/aromatic N) is 6. The molecule has 3 aromatic heterocycles. The Morgan fingerprint density at radius 3 is 2.74 bits per heavy atom. The van der Waals surface area contributed by atoms with E-state index in [1.807, 2.05) is 36.0 Å². The number of nitrogens with one attached hydrogen (secondary N) is 1. The van der Waals surface area contributed by atoms with Crippen LogP contribution in [0.3, 0.4) is 0 Å². The van der Waals surface area contributed by atoms with Crippen LogP contribution >= 0.6 is 0 Å². The van der Waals surface area contributed by atoms with Crippen molar-refractivity contribution >= 4 is 10.9 Å². The number of benzene rings is 1. The average molecular weight is 458 g/mol. The number of fused-ring (bicyclic) bond motifs is 1. The molecule has 1 saturated carbocycles. The van der Waals surface area contributed by atoms with E-state index in [2.05, 4.69) is 49.4 Å². The fourth-order valence-electron chi connectivity index (χ4n) is 5.12. The molecule has 8 nitrogen and oxygen atoms in total. The molecule has 8 heteroatoms. The topological polar surface area (TPSA) is 92.6 Å². The van der Waals surface area contributed by atoms with E-state index < -0.39 is 0 Å². The molecule has 34 heavy (non-hydrogen) atoms. The van der Waals surface area contributed by atoms with Gasteiger partial charge in [0, 0.05) is 41.9 Å². The minimum Gasteiger partial charge on any atom is -0.322 e. The first-order chi connectivity index (χ1) is 16.6. The minimum absolute atomic E-state index is 0.0550. The number of aromatic nitrogens is 6. The van der Waals surface area contributed by atoms with Crippen LogP contribution in [0.5, 0.6) is 0 Å². The molecule has 0 spiro atoms. The molecule has 0 radical (unpaired) electrons. The quantitative estimate of drug-likeness (QED) is 0.446. The highest BCUT2D eigenvalue weighted by atomic mass is 16.1. The molecule has 4 aromatic rings. The summed E-state index contributed by atoms with van der Waals surface area (Å²) in [5.41, 5.74) is 4.95. The molecule has 1 N–H and O–H groups in total. The second-order valence-electron chi connectivity index (χ2n) is 9.50. The second-order valence-corrected chi connectivity index (χ2v) is 9.50. The van der Waals surface area contributed by atoms with Gasteiger partial charge in [0.15, 0.2) is 5.82 Å². The van der Waals surface area contributed by atoms with Crippen LogP contribution in [-0.4, -0.2) is 35.1 Å². The Morgan fingerprint density at radius 1 is 1.09 bits per heavy atom. The van der Waals surface area contributed by atoms with E-state index in [9.17, 15) is 4.79 Å². The number of tetrazole rings is 1. The van der Waals surface area contributed by atoms with Gasteiger partial charge in [-0.25, -0.2) is 4.68 Å². The maximum absolute atomic E-state index is 13.0. The standard InChI is InChI=1S/C26H31N7O/c1-18-11-19(2)23-13-21(26(34)28-24(23)12-18)16-32(15-20-7-6-10-27-14-20)17-25-29-30-31-33(25)22-8-4-3-5-9-22/h6-7,10-14,22H,3-5,8-9,15-17H2,1-2H3,(H,28,34). The zero-order chi connectivity index (χ0) is 23.5. The molecular weight excluding hydrogens is 426 g/mol. The lowest BCUT2D eigenvalue weighted by Crippen LogP contribution is -2.29. The summed E-state index contributed by atoms with van der Waals surface area (Å²) < 4.78 is 2.01. The molecule has 0 aliphatic heterocycles. The Bertz CT molecular complexity index is 1320. The number of H-pyrrole nitrogens is 1. The lowest BCUT2D eigenvalue weighted by atomic mass is 9.95. The Labute approximate surface area is 199 Å². The van der Waals surface area contributed by atoms with Crippen LogP contribution in [0.1, 0.15) is 66.2 Å². The van der Waals surface area contributed by atoms with Crippen molar-refractivity contribution in [2.45, 2.75) is 71.6 Å². The van der Waals surface area contributed by atoms with Crippen molar-refractivity contribution < 1.29 is 0 Å². The van der Waals surface area contributed by atoms with Gasteiger partial charge in [-0.05, 0) is 72.0 Å². The summed E-state index contributed by atoms with van der Waals surface area (Å²) in [5, 5.41) is 13.8. The van der Waals surface area contributed by atoms with Crippen molar-refractivity contribution in [1.82, 2.24) is 35.1 Å². The van der Waals surface area contributed by atoms with Crippen LogP contribution < -0.4 is 5.56 Å². The minimum atomic E-state index is -0.0550. The molecule has 1 aliphatic carbocycles. The molecule has 1 aliphatic rings. The van der Waals surface area contributed by atoms with E-state index in [0.29, 0.717) is 25.7 Å². The zero-order valence-corrected chi connectivity index (χ0v) is 19.9. The lowest BCUT2D eigenvalue weighted by Gasteiger charge is -2.25. The van der Waals surface area contributed by atoms with E-state index in [4.69, 9.17) is 0 Å². The first kappa shape index (κ1) is 22.4. The first-order valence-corrected chi connectivity index (χ1v) is 12.1. The van der Waals surface area contributed by atoms with Crippen LogP contribution in [0.15, 0.2) is 47.5 Å². The zero-order valence-electron chi connectivity index (χ0n) is 19.9. The predicted octanol–water partition coefficient (Wildman–Crippen LogP) is 4.23. The Kier molecular flexibility index (Phi) is 6.49. The number of aromatic amines is 1. The average Bonchev–Trinajstić information content (AvgIpc) is 3.29. The van der Waals surface area contributed by atoms with E-state index in [0.717, 1.165) is 51.8 Å². The summed E-state index contributed by atoms with van der Waals surface area (Å²) in [7, 11) is 0. The molecule has 176 valence electrons. The highest BCUT2D eigenvalue weighted by Crippen LogP contribution is 2.28. The van der Waals surface area contributed by atoms with E-state index in [-0.39, 0.29) is 5.56 Å². The van der Waals surface area contributed by atoms with Gasteiger partial charge in [0.2, 0.25) is 0 Å². The van der Waals surface area contributed by atoms with E-state index in [1.54, 1.807) is 6.20 Å². The van der Waals surface area contributed by atoms with Gasteiger partial charge in [0.05, 0.1) is 12.6 Å². The second kappa shape index (κ2) is 9.85. The maximum atomic E-state index is 13.0. The molecule has 1 fully saturated rings. The Hall–Kier alpha value is -3.39. The lowest BCUT2D eigenvalue weighted by molar-refractivity contribution is 0.225. The van der Waals surface area contributed by atoms with Crippen LogP contribution in [-0.2, 0) is 19.6 Å². The Morgan fingerprint density at radius 2 is 1.94 bits per heavy atom. The first-order valence-electron chi connectivity index (χ1n) is 12.1. The molecule has 5 rings (SSSR count). The van der Waals surface area contributed by atoms with Crippen molar-refractivity contribution in [3.8, 4) is 0 Å². The molecule has 0 amide bonds. The van der Waals surface area contributed by atoms with Gasteiger partial charge in [-0.2, -0.15) is 0 Å². The molecule has 0 unspecified atom stereocenters. The summed E-state index contributed by atoms with van der Waals surface area (Å²) in [6.45, 7) is 5.83. The number of hydrogen-bond donors (Lipinski definition) is 1. The highest BCUT2D eigenvalue weighted by Gasteiger charge is 2.22. The van der Waals surface area contributed by atoms with Crippen molar-refractivity contribution in [3.63, 3.8) is 0 Å². The van der Waals surface area contributed by atoms with Gasteiger partial charge in [-0.1, -0.05) is 31.4 Å². The van der Waals surface area contributed by atoms with Gasteiger partial charge in [-0.3, -0.25) is 14.7 Å². The molecule has 0 atom stereocenters. The van der Waals surface area contributed by atoms with Crippen LogP contribution in [0.2, 0.25) is 0 Å². The van der Waals surface area contributed by atoms with Crippen LogP contribution in [0.25, 0.3) is 10.9 Å². The Balaban J connectivity index is 1.46. The van der Waals surface area contributed by atoms with Gasteiger partial charge < -0.3 is 4.98 Å². The van der Waals surface area contributed by atoms with E-state index in [1.165, 1.54) is 19.3 Å². The van der Waals surface area contributed by atoms with Crippen molar-refractivity contribution in [2.75, 3.05) is 0 Å². The van der Waals surface area contributed by atoms with Gasteiger partial charge in [-0.15, -0.1) is 5.10 Å². The summed E-state index contributed by atoms with van der Waals surface area (Å²) in [4.78, 5) is 22.6. The summed E-state index contributed by atoms with van der Waals surface area (Å²) in [5.74, 6) is 0.847. The summed E-state index contributed by atoms with van der Waals surface area (Å²) >= 11 is 0. The van der Waals surface area contributed by atoms with Gasteiger partial charge >= 0.3 is 0 Å². The van der Waals surface area contributed by atoms with E-state index >= 15 is 0 Å². The van der Waals surface area contributed by atoms with Gasteiger partial charge in [0.1, 0.15) is 0 Å². The SMILES string of the molecule is Cc1cc(C)c2cc(CN(Cc3cccnc3)Cc3nnnn3C3CCCCC3)c(=O)[nH]c2c1. The van der Waals surface area contributed by atoms with Crippen LogP contribution in [0, 0.1) is 13.8 Å². The molecule has 3 heterocycles. The fourth-order valence-corrected chi connectivity index (χ4v) is 5.12. The number of aryl methyl sites for hydroxylation is 2. The predicted molar refractivity (Wildman–Crippen MR) is 131 cm³/mol. The van der Waals surface area contributed by atoms with Crippen molar-refractivity contribution in [3.05, 3.63) is 81.2 Å². The normalized spacial score (nSPS) is 14.8. The van der Waals surface area contributed by atoms with Crippen molar-refractivity contribution in [1.29, 1.82) is 0 Å². The summed E-state index contributed by atoms with van der Waals surface area (Å²) in [6.07, 6.45) is 9.59. The molecular formula is C26H31N7O. The van der Waals surface area contributed by atoms with Crippen molar-refractivity contribution in [2.24, 2.45) is 0 Å². The number of pyridine rings is 2.